The molecule has 0 saturated heterocycles. The molecule has 0 fully saturated rings. The molecule has 12 heteroatoms. The van der Waals surface area contributed by atoms with Gasteiger partial charge in [-0.2, -0.15) is 0 Å². The van der Waals surface area contributed by atoms with Gasteiger partial charge in [-0.15, -0.1) is 0 Å². The van der Waals surface area contributed by atoms with E-state index in [0.29, 0.717) is 12.0 Å². The van der Waals surface area contributed by atoms with Gasteiger partial charge in [0.1, 0.15) is 12.3 Å². The number of sulfonamides is 1. The van der Waals surface area contributed by atoms with Crippen LogP contribution in [0.2, 0.25) is 0 Å². The Labute approximate surface area is 171 Å². The minimum absolute atomic E-state index is 0.0992. The van der Waals surface area contributed by atoms with Crippen LogP contribution in [0.4, 0.5) is 17.1 Å². The summed E-state index contributed by atoms with van der Waals surface area (Å²) in [5, 5.41) is 18.8. The summed E-state index contributed by atoms with van der Waals surface area (Å²) in [6.45, 7) is 0.998. The lowest BCUT2D eigenvalue weighted by molar-refractivity contribution is -0.384. The molecule has 3 N–H and O–H groups in total. The highest BCUT2D eigenvalue weighted by Gasteiger charge is 2.29. The third-order valence-electron chi connectivity index (χ3n) is 4.44. The number of nitrogens with one attached hydrogen (secondary N) is 1. The van der Waals surface area contributed by atoms with Gasteiger partial charge in [-0.1, -0.05) is 13.0 Å². The van der Waals surface area contributed by atoms with Crippen LogP contribution < -0.4 is 20.1 Å². The Morgan fingerprint density at radius 3 is 2.67 bits per heavy atom. The van der Waals surface area contributed by atoms with Gasteiger partial charge in [0.15, 0.2) is 6.61 Å². The molecule has 0 unspecified atom stereocenters. The first-order valence-corrected chi connectivity index (χ1v) is 10.3. The van der Waals surface area contributed by atoms with Crippen LogP contribution in [-0.2, 0) is 26.0 Å². The number of non-ortho nitro benzene ring substituents is 1. The molecule has 0 saturated carbocycles. The van der Waals surface area contributed by atoms with E-state index in [4.69, 9.17) is 9.88 Å². The predicted molar refractivity (Wildman–Crippen MR) is 107 cm³/mol. The number of primary sulfonamides is 1. The van der Waals surface area contributed by atoms with E-state index in [-0.39, 0.29) is 34.3 Å². The number of nitrogens with zero attached hydrogens (tertiary/aromatic N) is 2. The van der Waals surface area contributed by atoms with E-state index in [1.807, 2.05) is 0 Å². The van der Waals surface area contributed by atoms with Gasteiger partial charge in [0, 0.05) is 17.8 Å². The van der Waals surface area contributed by atoms with Crippen LogP contribution in [0.25, 0.3) is 0 Å². The van der Waals surface area contributed by atoms with Crippen LogP contribution in [-0.4, -0.2) is 38.3 Å². The molecule has 3 rings (SSSR count). The zero-order chi connectivity index (χ0) is 22.1. The largest absolute Gasteiger partial charge is 0.482 e. The van der Waals surface area contributed by atoms with E-state index in [2.05, 4.69) is 5.32 Å². The molecule has 0 bridgehead atoms. The molecule has 30 heavy (non-hydrogen) atoms. The van der Waals surface area contributed by atoms with E-state index in [9.17, 15) is 28.1 Å². The normalized spacial score (nSPS) is 13.4. The quantitative estimate of drug-likeness (QED) is 0.509. The second-order valence-electron chi connectivity index (χ2n) is 6.45. The van der Waals surface area contributed by atoms with Crippen molar-refractivity contribution in [3.63, 3.8) is 0 Å². The van der Waals surface area contributed by atoms with Gasteiger partial charge >= 0.3 is 0 Å². The van der Waals surface area contributed by atoms with Crippen LogP contribution in [0.1, 0.15) is 12.5 Å². The first-order valence-electron chi connectivity index (χ1n) is 8.77. The van der Waals surface area contributed by atoms with Crippen LogP contribution in [0.3, 0.4) is 0 Å². The predicted octanol–water partition coefficient (Wildman–Crippen LogP) is 1.17. The summed E-state index contributed by atoms with van der Waals surface area (Å²) in [7, 11) is -3.99. The molecule has 0 spiro atoms. The van der Waals surface area contributed by atoms with Gasteiger partial charge in [-0.05, 0) is 30.2 Å². The molecule has 0 radical (unpaired) electrons. The van der Waals surface area contributed by atoms with E-state index < -0.39 is 33.3 Å². The summed E-state index contributed by atoms with van der Waals surface area (Å²) in [5.41, 5.74) is 0.522. The van der Waals surface area contributed by atoms with Crippen molar-refractivity contribution in [3.8, 4) is 5.75 Å². The smallest absolute Gasteiger partial charge is 0.271 e. The SMILES string of the molecule is CCc1ccc(NC(=O)CN2C(=O)COc3ccc([N+](=O)[O-])cc32)cc1S(N)(=O)=O. The molecular formula is C18H18N4O7S. The second-order valence-corrected chi connectivity index (χ2v) is 7.98. The van der Waals surface area contributed by atoms with E-state index in [1.54, 1.807) is 6.92 Å². The van der Waals surface area contributed by atoms with Gasteiger partial charge in [0.05, 0.1) is 15.5 Å². The molecule has 1 heterocycles. The van der Waals surface area contributed by atoms with Crippen LogP contribution in [0, 0.1) is 10.1 Å². The minimum Gasteiger partial charge on any atom is -0.482 e. The van der Waals surface area contributed by atoms with Crippen molar-refractivity contribution in [3.05, 3.63) is 52.1 Å². The Balaban J connectivity index is 1.84. The fraction of sp³-hybridized carbons (Fsp3) is 0.222. The number of nitro groups is 1. The van der Waals surface area contributed by atoms with Gasteiger partial charge in [-0.25, -0.2) is 13.6 Å². The number of fused-ring (bicyclic) bond motifs is 1. The summed E-state index contributed by atoms with van der Waals surface area (Å²) in [5.74, 6) is -0.950. The number of ether oxygens (including phenoxy) is 1. The van der Waals surface area contributed by atoms with Crippen molar-refractivity contribution < 1.29 is 27.7 Å². The van der Waals surface area contributed by atoms with Crippen molar-refractivity contribution >= 4 is 38.9 Å². The fourth-order valence-corrected chi connectivity index (χ4v) is 3.88. The van der Waals surface area contributed by atoms with Crippen molar-refractivity contribution in [1.29, 1.82) is 0 Å². The van der Waals surface area contributed by atoms with Crippen LogP contribution in [0.5, 0.6) is 5.75 Å². The zero-order valence-corrected chi connectivity index (χ0v) is 16.6. The maximum absolute atomic E-state index is 12.5. The number of carbonyl (C=O) groups excluding carboxylic acids is 2. The van der Waals surface area contributed by atoms with Crippen molar-refractivity contribution in [2.24, 2.45) is 5.14 Å². The van der Waals surface area contributed by atoms with Crippen LogP contribution in [0.15, 0.2) is 41.3 Å². The minimum atomic E-state index is -3.99. The van der Waals surface area contributed by atoms with Crippen molar-refractivity contribution in [2.75, 3.05) is 23.4 Å². The van der Waals surface area contributed by atoms with Gasteiger partial charge in [-0.3, -0.25) is 24.6 Å². The Hall–Kier alpha value is -3.51. The summed E-state index contributed by atoms with van der Waals surface area (Å²) in [4.78, 5) is 36.1. The first kappa shape index (κ1) is 21.2. The Bertz CT molecular complexity index is 1150. The van der Waals surface area contributed by atoms with Crippen LogP contribution >= 0.6 is 0 Å². The zero-order valence-electron chi connectivity index (χ0n) is 15.8. The maximum Gasteiger partial charge on any atom is 0.271 e. The molecule has 1 aliphatic heterocycles. The molecular weight excluding hydrogens is 416 g/mol. The number of aryl methyl sites for hydroxylation is 1. The average molecular weight is 434 g/mol. The molecule has 2 aromatic rings. The lowest BCUT2D eigenvalue weighted by Gasteiger charge is -2.28. The van der Waals surface area contributed by atoms with E-state index in [1.165, 1.54) is 30.3 Å². The fourth-order valence-electron chi connectivity index (χ4n) is 3.01. The lowest BCUT2D eigenvalue weighted by atomic mass is 10.1. The lowest BCUT2D eigenvalue weighted by Crippen LogP contribution is -2.43. The molecule has 2 amide bonds. The van der Waals surface area contributed by atoms with Crippen molar-refractivity contribution in [2.45, 2.75) is 18.2 Å². The third kappa shape index (κ3) is 4.39. The molecule has 0 aliphatic carbocycles. The summed E-state index contributed by atoms with van der Waals surface area (Å²) >= 11 is 0. The second kappa shape index (κ2) is 8.08. The molecule has 158 valence electrons. The molecule has 11 nitrogen and oxygen atoms in total. The van der Waals surface area contributed by atoms with Crippen molar-refractivity contribution in [1.82, 2.24) is 0 Å². The number of nitro benzene ring substituents is 1. The topological polar surface area (TPSA) is 162 Å². The first-order chi connectivity index (χ1) is 14.1. The van der Waals surface area contributed by atoms with E-state index in [0.717, 1.165) is 11.0 Å². The Morgan fingerprint density at radius 1 is 1.30 bits per heavy atom. The summed E-state index contributed by atoms with van der Waals surface area (Å²) in [6.07, 6.45) is 0.428. The number of hydrogen-bond acceptors (Lipinski definition) is 7. The molecule has 0 aromatic heterocycles. The molecule has 1 aliphatic rings. The van der Waals surface area contributed by atoms with Gasteiger partial charge in [0.2, 0.25) is 15.9 Å². The molecule has 2 aromatic carbocycles. The Kier molecular flexibility index (Phi) is 5.71. The Morgan fingerprint density at radius 2 is 2.03 bits per heavy atom. The number of rotatable bonds is 6. The number of benzene rings is 2. The standard InChI is InChI=1S/C18H18N4O7S/c1-2-11-3-4-12(7-16(11)30(19,27)28)20-17(23)9-21-14-8-13(22(25)26)5-6-15(14)29-10-18(21)24/h3-8H,2,9-10H2,1H3,(H,20,23)(H2,19,27,28). The number of anilines is 2. The summed E-state index contributed by atoms with van der Waals surface area (Å²) in [6, 6.07) is 8.03. The average Bonchev–Trinajstić information content (AvgIpc) is 2.69. The molecule has 0 atom stereocenters. The summed E-state index contributed by atoms with van der Waals surface area (Å²) < 4.78 is 28.8. The number of hydrogen-bond donors (Lipinski definition) is 2. The maximum atomic E-state index is 12.5. The highest BCUT2D eigenvalue weighted by atomic mass is 32.2. The van der Waals surface area contributed by atoms with Gasteiger partial charge in [0.25, 0.3) is 11.6 Å². The van der Waals surface area contributed by atoms with E-state index >= 15 is 0 Å². The third-order valence-corrected chi connectivity index (χ3v) is 5.43. The number of carbonyl (C=O) groups is 2. The van der Waals surface area contributed by atoms with Gasteiger partial charge < -0.3 is 10.1 Å². The number of nitrogens with two attached hydrogens (primary N) is 1. The highest BCUT2D eigenvalue weighted by Crippen LogP contribution is 2.35. The highest BCUT2D eigenvalue weighted by molar-refractivity contribution is 7.89. The number of amides is 2. The monoisotopic (exact) mass is 434 g/mol.